The average Bonchev–Trinajstić information content (AvgIpc) is 3.46. The van der Waals surface area contributed by atoms with Crippen molar-refractivity contribution >= 4 is 11.4 Å². The molecule has 6 rings (SSSR count). The largest absolute Gasteiger partial charge is 0.348 e. The fourth-order valence-electron chi connectivity index (χ4n) is 7.27. The maximum Gasteiger partial charge on any atom is 0.143 e. The smallest absolute Gasteiger partial charge is 0.143 e. The van der Waals surface area contributed by atoms with Crippen LogP contribution in [-0.2, 0) is 22.1 Å². The van der Waals surface area contributed by atoms with Crippen LogP contribution in [0.1, 0.15) is 29.5 Å². The van der Waals surface area contributed by atoms with Gasteiger partial charge in [0.15, 0.2) is 0 Å². The van der Waals surface area contributed by atoms with Crippen LogP contribution in [0.2, 0.25) is 0 Å². The maximum atomic E-state index is 9.20. The molecule has 186 valence electrons. The molecule has 0 radical (unpaired) electrons. The van der Waals surface area contributed by atoms with E-state index in [1.807, 2.05) is 12.1 Å². The summed E-state index contributed by atoms with van der Waals surface area (Å²) in [7, 11) is 2.08. The van der Waals surface area contributed by atoms with Gasteiger partial charge in [0, 0.05) is 47.9 Å². The second-order valence-corrected chi connectivity index (χ2v) is 9.95. The molecule has 9 heteroatoms. The van der Waals surface area contributed by atoms with Crippen LogP contribution in [-0.4, -0.2) is 32.6 Å². The Morgan fingerprint density at radius 2 is 1.30 bits per heavy atom. The van der Waals surface area contributed by atoms with Gasteiger partial charge in [0.1, 0.15) is 12.5 Å². The molecule has 3 aliphatic rings. The van der Waals surface area contributed by atoms with Gasteiger partial charge in [-0.15, -0.1) is 0 Å². The molecule has 0 N–H and O–H groups in total. The van der Waals surface area contributed by atoms with Crippen LogP contribution in [0, 0.1) is 0 Å². The molecule has 37 heavy (non-hydrogen) atoms. The number of para-hydroxylation sites is 2. The molecule has 1 fully saturated rings. The molecule has 0 aliphatic carbocycles. The summed E-state index contributed by atoms with van der Waals surface area (Å²) in [5.41, 5.74) is 23.2. The number of hydrogen-bond donors (Lipinski definition) is 0. The number of ether oxygens (including phenoxy) is 1. The Morgan fingerprint density at radius 3 is 1.95 bits per heavy atom. The number of benzene rings is 3. The molecule has 1 saturated heterocycles. The summed E-state index contributed by atoms with van der Waals surface area (Å²) in [6, 6.07) is 27.4. The number of hydrogen-bond acceptors (Lipinski definition) is 5. The van der Waals surface area contributed by atoms with Gasteiger partial charge in [-0.05, 0) is 52.7 Å². The average molecular weight is 493 g/mol. The van der Waals surface area contributed by atoms with Crippen molar-refractivity contribution < 1.29 is 4.74 Å². The Morgan fingerprint density at radius 1 is 0.757 bits per heavy atom. The molecule has 3 aromatic rings. The first kappa shape index (κ1) is 23.3. The Kier molecular flexibility index (Phi) is 5.69. The molecule has 9 nitrogen and oxygen atoms in total. The van der Waals surface area contributed by atoms with E-state index in [2.05, 4.69) is 104 Å². The Balaban J connectivity index is 1.61. The Bertz CT molecular complexity index is 1420. The first-order valence-electron chi connectivity index (χ1n) is 12.6. The van der Waals surface area contributed by atoms with Crippen molar-refractivity contribution in [3.8, 4) is 0 Å². The highest BCUT2D eigenvalue weighted by Crippen LogP contribution is 2.69. The predicted octanol–water partition coefficient (Wildman–Crippen LogP) is 6.42. The van der Waals surface area contributed by atoms with Crippen molar-refractivity contribution in [1.82, 2.24) is 0 Å². The van der Waals surface area contributed by atoms with Crippen molar-refractivity contribution in [3.63, 3.8) is 0 Å². The van der Waals surface area contributed by atoms with E-state index in [0.717, 1.165) is 11.4 Å². The number of rotatable bonds is 8. The summed E-state index contributed by atoms with van der Waals surface area (Å²) in [5.74, 6) is 0. The minimum absolute atomic E-state index is 0.263. The predicted molar refractivity (Wildman–Crippen MR) is 143 cm³/mol. The van der Waals surface area contributed by atoms with Crippen molar-refractivity contribution in [2.75, 3.05) is 29.9 Å². The lowest BCUT2D eigenvalue weighted by atomic mass is 9.55. The molecular formula is C28H28N8O. The second-order valence-electron chi connectivity index (χ2n) is 9.95. The molecule has 0 unspecified atom stereocenters. The first-order chi connectivity index (χ1) is 18.2. The topological polar surface area (TPSA) is 113 Å². The molecule has 0 amide bonds. The zero-order chi connectivity index (χ0) is 25.5. The summed E-state index contributed by atoms with van der Waals surface area (Å²) in [4.78, 5) is 10.8. The van der Waals surface area contributed by atoms with Gasteiger partial charge >= 0.3 is 0 Å². The van der Waals surface area contributed by atoms with E-state index in [1.165, 1.54) is 16.7 Å². The molecule has 0 spiro atoms. The van der Waals surface area contributed by atoms with Crippen molar-refractivity contribution in [2.45, 2.75) is 42.7 Å². The van der Waals surface area contributed by atoms with Gasteiger partial charge < -0.3 is 14.5 Å². The zero-order valence-electron chi connectivity index (χ0n) is 20.7. The molecular weight excluding hydrogens is 464 g/mol. The van der Waals surface area contributed by atoms with Crippen LogP contribution in [0.4, 0.5) is 11.4 Å². The van der Waals surface area contributed by atoms with Crippen LogP contribution in [0.3, 0.4) is 0 Å². The van der Waals surface area contributed by atoms with Crippen LogP contribution in [0.5, 0.6) is 0 Å². The third-order valence-corrected chi connectivity index (χ3v) is 8.53. The van der Waals surface area contributed by atoms with Crippen molar-refractivity contribution in [3.05, 3.63) is 116 Å². The second kappa shape index (κ2) is 9.05. The minimum Gasteiger partial charge on any atom is -0.348 e. The molecule has 0 aromatic heterocycles. The van der Waals surface area contributed by atoms with Crippen molar-refractivity contribution in [2.24, 2.45) is 10.2 Å². The normalized spacial score (nSPS) is 26.5. The van der Waals surface area contributed by atoms with Crippen LogP contribution < -0.4 is 9.80 Å². The summed E-state index contributed by atoms with van der Waals surface area (Å²) >= 11 is 0. The van der Waals surface area contributed by atoms with Gasteiger partial charge in [0.05, 0.1) is 10.8 Å². The lowest BCUT2D eigenvalue weighted by molar-refractivity contribution is 0.0261. The van der Waals surface area contributed by atoms with Crippen LogP contribution >= 0.6 is 0 Å². The Labute approximate surface area is 215 Å². The number of nitrogens with zero attached hydrogens (tertiary/aromatic N) is 8. The lowest BCUT2D eigenvalue weighted by Crippen LogP contribution is -2.55. The van der Waals surface area contributed by atoms with Gasteiger partial charge in [-0.3, -0.25) is 0 Å². The van der Waals surface area contributed by atoms with Gasteiger partial charge in [0.25, 0.3) is 0 Å². The third kappa shape index (κ3) is 3.15. The van der Waals surface area contributed by atoms with E-state index >= 15 is 0 Å². The number of anilines is 2. The molecule has 0 saturated carbocycles. The van der Waals surface area contributed by atoms with E-state index in [9.17, 15) is 5.53 Å². The zero-order valence-corrected chi connectivity index (χ0v) is 20.7. The number of azide groups is 2. The number of likely N-dealkylation sites (N-methyl/N-ethyl adjacent to an activating group) is 1. The SMILES string of the molecule is CN1c2ccccc2[C@]2(CCN=[N+]=[N-])[C@H]1O[C@H]1N(Cc3ccccc3)c3ccccc3[C@]12CCN=[N+]=[N-]. The molecule has 3 aliphatic heterocycles. The highest BCUT2D eigenvalue weighted by molar-refractivity contribution is 5.74. The fraction of sp³-hybridized carbons (Fsp3) is 0.357. The fourth-order valence-corrected chi connectivity index (χ4v) is 7.27. The van der Waals surface area contributed by atoms with Crippen LogP contribution in [0.15, 0.2) is 89.1 Å². The van der Waals surface area contributed by atoms with Gasteiger partial charge in [-0.2, -0.15) is 0 Å². The quantitative estimate of drug-likeness (QED) is 0.205. The maximum absolute atomic E-state index is 9.20. The lowest BCUT2D eigenvalue weighted by Gasteiger charge is -2.45. The minimum atomic E-state index is -0.525. The van der Waals surface area contributed by atoms with E-state index in [4.69, 9.17) is 10.3 Å². The molecule has 4 atom stereocenters. The molecule has 3 heterocycles. The van der Waals surface area contributed by atoms with Crippen molar-refractivity contribution in [1.29, 1.82) is 0 Å². The summed E-state index contributed by atoms with van der Waals surface area (Å²) < 4.78 is 7.12. The molecule has 3 aromatic carbocycles. The first-order valence-corrected chi connectivity index (χ1v) is 12.6. The van der Waals surface area contributed by atoms with E-state index < -0.39 is 10.8 Å². The summed E-state index contributed by atoms with van der Waals surface area (Å²) in [6.45, 7) is 1.37. The van der Waals surface area contributed by atoms with E-state index in [-0.39, 0.29) is 12.5 Å². The molecule has 0 bridgehead atoms. The standard InChI is InChI=1S/C28H28N8O/c1-35-23-13-7-5-11-21(23)27(15-17-31-33-29)25(35)37-26-28(27,16-18-32-34-30)22-12-6-8-14-24(22)36(26)19-20-9-3-2-4-10-20/h2-14,25-26H,15-19H2,1H3/t25-,26-,27-,28-/m1/s1. The Hall–Kier alpha value is -4.16. The van der Waals surface area contributed by atoms with E-state index in [0.29, 0.717) is 32.5 Å². The highest BCUT2D eigenvalue weighted by atomic mass is 16.5. The summed E-state index contributed by atoms with van der Waals surface area (Å²) in [6.07, 6.45) is 0.676. The van der Waals surface area contributed by atoms with Gasteiger partial charge in [0.2, 0.25) is 0 Å². The third-order valence-electron chi connectivity index (χ3n) is 8.53. The van der Waals surface area contributed by atoms with E-state index in [1.54, 1.807) is 0 Å². The van der Waals surface area contributed by atoms with Gasteiger partial charge in [-0.1, -0.05) is 77.0 Å². The number of fused-ring (bicyclic) bond motifs is 7. The highest BCUT2D eigenvalue weighted by Gasteiger charge is 2.74. The summed E-state index contributed by atoms with van der Waals surface area (Å²) in [5, 5.41) is 7.98. The van der Waals surface area contributed by atoms with Crippen LogP contribution in [0.25, 0.3) is 20.9 Å². The van der Waals surface area contributed by atoms with Gasteiger partial charge in [-0.25, -0.2) is 0 Å². The monoisotopic (exact) mass is 492 g/mol.